The van der Waals surface area contributed by atoms with Crippen LogP contribution in [0.4, 0.5) is 0 Å². The molecule has 0 aromatic carbocycles. The third-order valence-corrected chi connectivity index (χ3v) is 4.56. The summed E-state index contributed by atoms with van der Waals surface area (Å²) < 4.78 is 0. The molecule has 2 unspecified atom stereocenters. The standard InChI is InChI=1S/C15H30N2/c1-12(2)16-10-13-6-7-14(13)17-9-5-8-15(3,4)11-17/h12-14,16H,5-11H2,1-4H3. The lowest BCUT2D eigenvalue weighted by atomic mass is 9.75. The predicted octanol–water partition coefficient (Wildman–Crippen LogP) is 2.89. The molecular formula is C15H30N2. The van der Waals surface area contributed by atoms with Crippen molar-refractivity contribution in [2.75, 3.05) is 19.6 Å². The summed E-state index contributed by atoms with van der Waals surface area (Å²) in [6, 6.07) is 1.51. The lowest BCUT2D eigenvalue weighted by Crippen LogP contribution is -2.55. The first kappa shape index (κ1) is 13.4. The van der Waals surface area contributed by atoms with E-state index >= 15 is 0 Å². The molecule has 2 fully saturated rings. The van der Waals surface area contributed by atoms with Gasteiger partial charge in [0.2, 0.25) is 0 Å². The highest BCUT2D eigenvalue weighted by Gasteiger charge is 2.38. The number of nitrogens with one attached hydrogen (secondary N) is 1. The van der Waals surface area contributed by atoms with Gasteiger partial charge in [0.1, 0.15) is 0 Å². The van der Waals surface area contributed by atoms with Crippen LogP contribution in [0.25, 0.3) is 0 Å². The molecule has 1 saturated carbocycles. The third kappa shape index (κ3) is 3.45. The van der Waals surface area contributed by atoms with Crippen LogP contribution in [0.3, 0.4) is 0 Å². The quantitative estimate of drug-likeness (QED) is 0.810. The summed E-state index contributed by atoms with van der Waals surface area (Å²) in [6.07, 6.45) is 5.67. The average Bonchev–Trinajstić information content (AvgIpc) is 2.13. The Kier molecular flexibility index (Phi) is 4.14. The highest BCUT2D eigenvalue weighted by molar-refractivity contribution is 4.93. The fourth-order valence-corrected chi connectivity index (χ4v) is 3.41. The van der Waals surface area contributed by atoms with Gasteiger partial charge in [0, 0.05) is 18.6 Å². The topological polar surface area (TPSA) is 15.3 Å². The molecule has 2 heteroatoms. The minimum Gasteiger partial charge on any atom is -0.314 e. The van der Waals surface area contributed by atoms with Gasteiger partial charge in [-0.05, 0) is 50.1 Å². The van der Waals surface area contributed by atoms with Gasteiger partial charge in [-0.1, -0.05) is 27.7 Å². The molecule has 0 aromatic heterocycles. The Bertz CT molecular complexity index is 247. The molecule has 2 rings (SSSR count). The number of likely N-dealkylation sites (tertiary alicyclic amines) is 1. The van der Waals surface area contributed by atoms with Crippen LogP contribution < -0.4 is 5.32 Å². The Morgan fingerprint density at radius 1 is 1.29 bits per heavy atom. The van der Waals surface area contributed by atoms with Crippen LogP contribution in [-0.4, -0.2) is 36.6 Å². The molecule has 17 heavy (non-hydrogen) atoms. The van der Waals surface area contributed by atoms with E-state index in [1.165, 1.54) is 45.3 Å². The van der Waals surface area contributed by atoms with E-state index in [-0.39, 0.29) is 0 Å². The van der Waals surface area contributed by atoms with E-state index in [1.54, 1.807) is 0 Å². The van der Waals surface area contributed by atoms with E-state index in [9.17, 15) is 0 Å². The summed E-state index contributed by atoms with van der Waals surface area (Å²) in [6.45, 7) is 13.2. The second kappa shape index (κ2) is 5.27. The minimum atomic E-state index is 0.546. The van der Waals surface area contributed by atoms with Gasteiger partial charge in [-0.2, -0.15) is 0 Å². The van der Waals surface area contributed by atoms with E-state index in [0.29, 0.717) is 11.5 Å². The van der Waals surface area contributed by atoms with Crippen LogP contribution in [0, 0.1) is 11.3 Å². The fourth-order valence-electron chi connectivity index (χ4n) is 3.41. The Morgan fingerprint density at radius 2 is 2.06 bits per heavy atom. The van der Waals surface area contributed by atoms with Crippen molar-refractivity contribution in [2.45, 2.75) is 65.5 Å². The molecular weight excluding hydrogens is 208 g/mol. The molecule has 1 aliphatic carbocycles. The largest absolute Gasteiger partial charge is 0.314 e. The Hall–Kier alpha value is -0.0800. The molecule has 1 saturated heterocycles. The van der Waals surface area contributed by atoms with Gasteiger partial charge >= 0.3 is 0 Å². The van der Waals surface area contributed by atoms with Crippen molar-refractivity contribution in [2.24, 2.45) is 11.3 Å². The third-order valence-electron chi connectivity index (χ3n) is 4.56. The number of nitrogens with zero attached hydrogens (tertiary/aromatic N) is 1. The highest BCUT2D eigenvalue weighted by Crippen LogP contribution is 2.37. The summed E-state index contributed by atoms with van der Waals surface area (Å²) >= 11 is 0. The highest BCUT2D eigenvalue weighted by atomic mass is 15.2. The van der Waals surface area contributed by atoms with Gasteiger partial charge in [-0.25, -0.2) is 0 Å². The lowest BCUT2D eigenvalue weighted by molar-refractivity contribution is 0.00551. The van der Waals surface area contributed by atoms with Crippen molar-refractivity contribution in [3.8, 4) is 0 Å². The van der Waals surface area contributed by atoms with E-state index in [0.717, 1.165) is 12.0 Å². The summed E-state index contributed by atoms with van der Waals surface area (Å²) in [7, 11) is 0. The maximum Gasteiger partial charge on any atom is 0.0136 e. The van der Waals surface area contributed by atoms with E-state index in [4.69, 9.17) is 0 Å². The number of piperidine rings is 1. The van der Waals surface area contributed by atoms with Gasteiger partial charge in [0.15, 0.2) is 0 Å². The van der Waals surface area contributed by atoms with Crippen molar-refractivity contribution in [3.05, 3.63) is 0 Å². The van der Waals surface area contributed by atoms with Crippen molar-refractivity contribution in [3.63, 3.8) is 0 Å². The fraction of sp³-hybridized carbons (Fsp3) is 1.00. The average molecular weight is 238 g/mol. The molecule has 1 N–H and O–H groups in total. The molecule has 0 amide bonds. The van der Waals surface area contributed by atoms with Crippen LogP contribution in [0.15, 0.2) is 0 Å². The zero-order valence-corrected chi connectivity index (χ0v) is 12.1. The summed E-state index contributed by atoms with van der Waals surface area (Å²) in [4.78, 5) is 2.78. The molecule has 100 valence electrons. The van der Waals surface area contributed by atoms with Gasteiger partial charge in [0.25, 0.3) is 0 Å². The number of hydrogen-bond donors (Lipinski definition) is 1. The molecule has 0 aromatic rings. The van der Waals surface area contributed by atoms with Crippen LogP contribution in [0.1, 0.15) is 53.4 Å². The van der Waals surface area contributed by atoms with Gasteiger partial charge < -0.3 is 5.32 Å². The Labute approximate surface area is 107 Å². The molecule has 1 aliphatic heterocycles. The van der Waals surface area contributed by atoms with Crippen LogP contribution >= 0.6 is 0 Å². The first-order valence-electron chi connectivity index (χ1n) is 7.45. The monoisotopic (exact) mass is 238 g/mol. The summed E-state index contributed by atoms with van der Waals surface area (Å²) in [5, 5.41) is 3.61. The molecule has 2 nitrogen and oxygen atoms in total. The van der Waals surface area contributed by atoms with Gasteiger partial charge in [-0.3, -0.25) is 4.90 Å². The molecule has 0 spiro atoms. The van der Waals surface area contributed by atoms with E-state index in [1.807, 2.05) is 0 Å². The van der Waals surface area contributed by atoms with Crippen molar-refractivity contribution >= 4 is 0 Å². The van der Waals surface area contributed by atoms with Crippen LogP contribution in [0.2, 0.25) is 0 Å². The van der Waals surface area contributed by atoms with E-state index < -0.39 is 0 Å². The molecule has 2 aliphatic rings. The van der Waals surface area contributed by atoms with Gasteiger partial charge in [-0.15, -0.1) is 0 Å². The second-order valence-electron chi connectivity index (χ2n) is 7.21. The second-order valence-corrected chi connectivity index (χ2v) is 7.21. The molecule has 1 heterocycles. The minimum absolute atomic E-state index is 0.546. The normalized spacial score (nSPS) is 33.7. The molecule has 0 radical (unpaired) electrons. The first-order chi connectivity index (χ1) is 7.98. The zero-order chi connectivity index (χ0) is 12.5. The van der Waals surface area contributed by atoms with Crippen molar-refractivity contribution in [1.82, 2.24) is 10.2 Å². The van der Waals surface area contributed by atoms with E-state index in [2.05, 4.69) is 37.9 Å². The SMILES string of the molecule is CC(C)NCC1CCC1N1CCCC(C)(C)C1. The predicted molar refractivity (Wildman–Crippen MR) is 74.2 cm³/mol. The molecule has 2 atom stereocenters. The van der Waals surface area contributed by atoms with Crippen molar-refractivity contribution < 1.29 is 0 Å². The van der Waals surface area contributed by atoms with Gasteiger partial charge in [0.05, 0.1) is 0 Å². The Balaban J connectivity index is 1.81. The number of hydrogen-bond acceptors (Lipinski definition) is 2. The van der Waals surface area contributed by atoms with Crippen molar-refractivity contribution in [1.29, 1.82) is 0 Å². The van der Waals surface area contributed by atoms with Crippen LogP contribution in [0.5, 0.6) is 0 Å². The smallest absolute Gasteiger partial charge is 0.0136 e. The lowest BCUT2D eigenvalue weighted by Gasteiger charge is -2.50. The Morgan fingerprint density at radius 3 is 2.59 bits per heavy atom. The molecule has 0 bridgehead atoms. The van der Waals surface area contributed by atoms with Crippen LogP contribution in [-0.2, 0) is 0 Å². The summed E-state index contributed by atoms with van der Waals surface area (Å²) in [5.41, 5.74) is 0.546. The summed E-state index contributed by atoms with van der Waals surface area (Å²) in [5.74, 6) is 0.909. The number of rotatable bonds is 4. The zero-order valence-electron chi connectivity index (χ0n) is 12.1. The first-order valence-corrected chi connectivity index (χ1v) is 7.45. The maximum absolute atomic E-state index is 3.61. The maximum atomic E-state index is 3.61.